The summed E-state index contributed by atoms with van der Waals surface area (Å²) in [6.07, 6.45) is 5.91. The molecule has 15 nitrogen and oxygen atoms in total. The molecule has 0 aliphatic heterocycles. The number of carbonyl (C=O) groups is 7. The number of carboxylic acids is 1. The van der Waals surface area contributed by atoms with Crippen molar-refractivity contribution < 1.29 is 43.4 Å². The Kier molecular flexibility index (Phi) is 21.6. The van der Waals surface area contributed by atoms with Crippen LogP contribution in [0.15, 0.2) is 60.7 Å². The summed E-state index contributed by atoms with van der Waals surface area (Å²) in [5.74, 6) is -3.92. The van der Waals surface area contributed by atoms with Crippen molar-refractivity contribution in [2.75, 3.05) is 6.54 Å². The van der Waals surface area contributed by atoms with Crippen LogP contribution in [0.4, 0.5) is 4.79 Å². The maximum atomic E-state index is 14.2. The molecule has 1 aliphatic carbocycles. The van der Waals surface area contributed by atoms with Crippen LogP contribution in [0.3, 0.4) is 0 Å². The van der Waals surface area contributed by atoms with E-state index >= 15 is 0 Å². The Bertz CT molecular complexity index is 1780. The number of carbonyl (C=O) groups excluding carboxylic acids is 6. The van der Waals surface area contributed by atoms with Crippen LogP contribution in [0.2, 0.25) is 0 Å². The quantitative estimate of drug-likeness (QED) is 0.0675. The van der Waals surface area contributed by atoms with Crippen molar-refractivity contribution in [1.82, 2.24) is 31.9 Å². The fourth-order valence-electron chi connectivity index (χ4n) is 7.52. The van der Waals surface area contributed by atoms with E-state index < -0.39 is 71.5 Å². The van der Waals surface area contributed by atoms with Crippen LogP contribution in [-0.4, -0.2) is 89.1 Å². The summed E-state index contributed by atoms with van der Waals surface area (Å²) in [7, 11) is 0. The van der Waals surface area contributed by atoms with Gasteiger partial charge < -0.3 is 41.7 Å². The lowest BCUT2D eigenvalue weighted by Gasteiger charge is -2.28. The normalized spacial score (nSPS) is 15.5. The number of unbranched alkanes of at least 4 members (excludes halogenated alkanes) is 1. The van der Waals surface area contributed by atoms with Gasteiger partial charge in [-0.05, 0) is 88.7 Å². The van der Waals surface area contributed by atoms with Gasteiger partial charge in [0, 0.05) is 25.3 Å². The van der Waals surface area contributed by atoms with Crippen molar-refractivity contribution in [1.29, 1.82) is 0 Å². The Morgan fingerprint density at radius 2 is 1.05 bits per heavy atom. The van der Waals surface area contributed by atoms with Crippen molar-refractivity contribution in [2.45, 2.75) is 161 Å². The molecule has 0 heterocycles. The minimum absolute atomic E-state index is 0.0243. The molecule has 3 rings (SSSR count). The van der Waals surface area contributed by atoms with Crippen molar-refractivity contribution >= 4 is 41.6 Å². The summed E-state index contributed by atoms with van der Waals surface area (Å²) in [6.45, 7) is 13.1. The average molecular weight is 877 g/mol. The summed E-state index contributed by atoms with van der Waals surface area (Å²) in [5.41, 5.74) is 0.598. The fourth-order valence-corrected chi connectivity index (χ4v) is 7.52. The van der Waals surface area contributed by atoms with E-state index in [1.807, 2.05) is 33.8 Å². The molecule has 0 bridgehead atoms. The molecule has 1 saturated carbocycles. The number of alkyl carbamates (subject to hydrolysis) is 1. The zero-order valence-corrected chi connectivity index (χ0v) is 38.3. The second-order valence-corrected chi connectivity index (χ2v) is 18.5. The maximum Gasteiger partial charge on any atom is 0.408 e. The first-order chi connectivity index (χ1) is 29.8. The van der Waals surface area contributed by atoms with Gasteiger partial charge in [0.2, 0.25) is 29.5 Å². The molecule has 2 aromatic carbocycles. The number of hydrogen-bond acceptors (Lipinski definition) is 8. The summed E-state index contributed by atoms with van der Waals surface area (Å²) >= 11 is 0. The fraction of sp³-hybridized carbons (Fsp3) is 0.604. The second kappa shape index (κ2) is 26.2. The van der Waals surface area contributed by atoms with Crippen LogP contribution in [0.25, 0.3) is 0 Å². The predicted octanol–water partition coefficient (Wildman–Crippen LogP) is 5.35. The van der Waals surface area contributed by atoms with E-state index in [0.29, 0.717) is 24.9 Å². The smallest absolute Gasteiger partial charge is 0.408 e. The molecule has 348 valence electrons. The summed E-state index contributed by atoms with van der Waals surface area (Å²) < 4.78 is 5.46. The van der Waals surface area contributed by atoms with Crippen LogP contribution >= 0.6 is 0 Å². The highest BCUT2D eigenvalue weighted by molar-refractivity contribution is 5.96. The SMILES string of the molecule is CC(C)C[C@@H](NC(=O)[C@H](Cc1ccccc1)NC(=O)[C@@H](CC(C)C)NC(=O)[C@H](CCCCNC(=O)C1CCCCC1)NC(=O)OC(C)(C)C)C(=O)N[C@@H](Cc1ccccc1)C(=O)O. The van der Waals surface area contributed by atoms with Crippen LogP contribution in [-0.2, 0) is 46.3 Å². The first-order valence-corrected chi connectivity index (χ1v) is 22.6. The zero-order chi connectivity index (χ0) is 46.5. The Labute approximate surface area is 373 Å². The molecule has 0 saturated heterocycles. The van der Waals surface area contributed by atoms with Gasteiger partial charge in [-0.2, -0.15) is 0 Å². The minimum atomic E-state index is -1.26. The van der Waals surface area contributed by atoms with Crippen molar-refractivity contribution in [2.24, 2.45) is 17.8 Å². The molecule has 6 amide bonds. The molecule has 0 radical (unpaired) electrons. The van der Waals surface area contributed by atoms with Gasteiger partial charge in [0.05, 0.1) is 0 Å². The Morgan fingerprint density at radius 1 is 0.603 bits per heavy atom. The number of benzene rings is 2. The first-order valence-electron chi connectivity index (χ1n) is 22.6. The number of aliphatic carboxylic acids is 1. The van der Waals surface area contributed by atoms with Crippen LogP contribution < -0.4 is 31.9 Å². The molecule has 63 heavy (non-hydrogen) atoms. The van der Waals surface area contributed by atoms with Gasteiger partial charge in [0.25, 0.3) is 0 Å². The van der Waals surface area contributed by atoms with E-state index in [1.165, 1.54) is 0 Å². The third kappa shape index (κ3) is 20.1. The maximum absolute atomic E-state index is 14.2. The molecule has 0 aromatic heterocycles. The Balaban J connectivity index is 1.80. The van der Waals surface area contributed by atoms with E-state index in [1.54, 1.807) is 75.4 Å². The molecular weight excluding hydrogens is 805 g/mol. The van der Waals surface area contributed by atoms with Gasteiger partial charge in [-0.25, -0.2) is 9.59 Å². The molecule has 0 unspecified atom stereocenters. The first kappa shape index (κ1) is 51.9. The Hall–Kier alpha value is -5.47. The molecule has 7 N–H and O–H groups in total. The highest BCUT2D eigenvalue weighted by atomic mass is 16.6. The van der Waals surface area contributed by atoms with E-state index in [2.05, 4.69) is 31.9 Å². The van der Waals surface area contributed by atoms with Gasteiger partial charge in [-0.3, -0.25) is 24.0 Å². The number of hydrogen-bond donors (Lipinski definition) is 7. The third-order valence-electron chi connectivity index (χ3n) is 10.7. The number of nitrogens with one attached hydrogen (secondary N) is 6. The monoisotopic (exact) mass is 877 g/mol. The zero-order valence-electron chi connectivity index (χ0n) is 38.3. The molecule has 0 spiro atoms. The molecule has 2 aromatic rings. The van der Waals surface area contributed by atoms with E-state index in [-0.39, 0.29) is 55.8 Å². The number of rotatable bonds is 24. The van der Waals surface area contributed by atoms with Gasteiger partial charge >= 0.3 is 12.1 Å². The highest BCUT2D eigenvalue weighted by Crippen LogP contribution is 2.23. The van der Waals surface area contributed by atoms with Crippen LogP contribution in [0.1, 0.15) is 124 Å². The van der Waals surface area contributed by atoms with Crippen LogP contribution in [0.5, 0.6) is 0 Å². The van der Waals surface area contributed by atoms with Crippen molar-refractivity contribution in [3.63, 3.8) is 0 Å². The van der Waals surface area contributed by atoms with E-state index in [4.69, 9.17) is 4.74 Å². The summed E-state index contributed by atoms with van der Waals surface area (Å²) in [5, 5.41) is 26.7. The van der Waals surface area contributed by atoms with Gasteiger partial charge in [0.1, 0.15) is 35.8 Å². The largest absolute Gasteiger partial charge is 0.480 e. The van der Waals surface area contributed by atoms with Crippen LogP contribution in [0, 0.1) is 17.8 Å². The minimum Gasteiger partial charge on any atom is -0.480 e. The van der Waals surface area contributed by atoms with Gasteiger partial charge in [0.15, 0.2) is 0 Å². The predicted molar refractivity (Wildman–Crippen MR) is 241 cm³/mol. The summed E-state index contributed by atoms with van der Waals surface area (Å²) in [6, 6.07) is 12.1. The van der Waals surface area contributed by atoms with E-state index in [9.17, 15) is 38.7 Å². The summed E-state index contributed by atoms with van der Waals surface area (Å²) in [4.78, 5) is 94.0. The number of carboxylic acid groups (broad SMARTS) is 1. The number of amides is 6. The standard InChI is InChI=1S/C48H72N6O9/c1-31(2)27-37(50-42(56)36(54-47(62)63-48(5,6)7)25-17-18-26-49-41(55)35-23-15-10-16-24-35)43(57)52-39(29-33-19-11-8-12-20-33)45(59)51-38(28-32(3)4)44(58)53-40(46(60)61)30-34-21-13-9-14-22-34/h8-9,11-14,19-22,31-32,35-40H,10,15-18,23-30H2,1-7H3,(H,49,55)(H,50,56)(H,51,59)(H,52,57)(H,53,58)(H,54,62)(H,60,61)/t36-,37+,38+,39-,40-/m0/s1. The van der Waals surface area contributed by atoms with Crippen molar-refractivity contribution in [3.05, 3.63) is 71.8 Å². The topological polar surface area (TPSA) is 221 Å². The average Bonchev–Trinajstić information content (AvgIpc) is 3.22. The molecule has 5 atom stereocenters. The second-order valence-electron chi connectivity index (χ2n) is 18.5. The molecule has 1 fully saturated rings. The lowest BCUT2D eigenvalue weighted by Crippen LogP contribution is -2.59. The third-order valence-corrected chi connectivity index (χ3v) is 10.7. The van der Waals surface area contributed by atoms with Crippen molar-refractivity contribution in [3.8, 4) is 0 Å². The van der Waals surface area contributed by atoms with Gasteiger partial charge in [-0.15, -0.1) is 0 Å². The Morgan fingerprint density at radius 3 is 1.52 bits per heavy atom. The lowest BCUT2D eigenvalue weighted by molar-refractivity contribution is -0.142. The number of ether oxygens (including phenoxy) is 1. The molecular formula is C48H72N6O9. The molecule has 15 heteroatoms. The van der Waals surface area contributed by atoms with E-state index in [0.717, 1.165) is 37.7 Å². The van der Waals surface area contributed by atoms with Gasteiger partial charge in [-0.1, -0.05) is 108 Å². The molecule has 1 aliphatic rings. The lowest BCUT2D eigenvalue weighted by atomic mass is 9.88. The highest BCUT2D eigenvalue weighted by Gasteiger charge is 2.34.